The lowest BCUT2D eigenvalue weighted by atomic mass is 10.2. The van der Waals surface area contributed by atoms with E-state index in [-0.39, 0.29) is 15.6 Å². The normalized spacial score (nSPS) is 21.9. The van der Waals surface area contributed by atoms with Crippen LogP contribution in [0.3, 0.4) is 0 Å². The zero-order valence-corrected chi connectivity index (χ0v) is 16.8. The lowest BCUT2D eigenvalue weighted by Gasteiger charge is -2.32. The lowest BCUT2D eigenvalue weighted by molar-refractivity contribution is 0.184. The molecular formula is C17H19ClN2O5S2. The first-order chi connectivity index (χ1) is 12.5. The van der Waals surface area contributed by atoms with Gasteiger partial charge in [0.15, 0.2) is 9.84 Å². The molecular weight excluding hydrogens is 412 g/mol. The van der Waals surface area contributed by atoms with Crippen molar-refractivity contribution in [2.75, 3.05) is 21.5 Å². The monoisotopic (exact) mass is 430 g/mol. The zero-order valence-electron chi connectivity index (χ0n) is 14.4. The highest BCUT2D eigenvalue weighted by molar-refractivity contribution is 7.93. The number of hydrogen-bond acceptors (Lipinski definition) is 6. The van der Waals surface area contributed by atoms with Gasteiger partial charge in [-0.25, -0.2) is 16.8 Å². The van der Waals surface area contributed by atoms with E-state index in [1.165, 1.54) is 30.3 Å². The molecule has 27 heavy (non-hydrogen) atoms. The van der Waals surface area contributed by atoms with Crippen molar-refractivity contribution in [1.29, 1.82) is 0 Å². The number of nitrogens with zero attached hydrogens (tertiary/aromatic N) is 1. The van der Waals surface area contributed by atoms with Crippen molar-refractivity contribution in [3.63, 3.8) is 0 Å². The molecule has 7 nitrogen and oxygen atoms in total. The molecule has 1 heterocycles. The second kappa shape index (κ2) is 6.97. The first-order valence-electron chi connectivity index (χ1n) is 8.06. The van der Waals surface area contributed by atoms with Crippen molar-refractivity contribution < 1.29 is 21.9 Å². The standard InChI is InChI=1S/C17H19ClN2O5S2/c1-11-2-3-12(18)8-17(11)27(24,25)20(14-6-4-13(19)5-7-14)15-9-26(22,23)10-16(15)21/h2-8,15-16,21H,9-10,19H2,1H3/t15-,16+/m0/s1. The molecule has 0 bridgehead atoms. The number of rotatable bonds is 4. The fourth-order valence-corrected chi connectivity index (χ4v) is 7.16. The van der Waals surface area contributed by atoms with E-state index < -0.39 is 43.5 Å². The van der Waals surface area contributed by atoms with Crippen molar-refractivity contribution >= 4 is 42.8 Å². The molecule has 2 aromatic rings. The number of anilines is 2. The Bertz CT molecular complexity index is 1070. The molecule has 1 aliphatic rings. The van der Waals surface area contributed by atoms with Gasteiger partial charge in [-0.3, -0.25) is 4.31 Å². The van der Waals surface area contributed by atoms with Gasteiger partial charge in [0.25, 0.3) is 10.0 Å². The molecule has 10 heteroatoms. The highest BCUT2D eigenvalue weighted by Gasteiger charge is 2.45. The van der Waals surface area contributed by atoms with Gasteiger partial charge in [0.05, 0.1) is 34.2 Å². The molecule has 1 saturated heterocycles. The van der Waals surface area contributed by atoms with Gasteiger partial charge in [0.1, 0.15) is 0 Å². The molecule has 3 rings (SSSR count). The summed E-state index contributed by atoms with van der Waals surface area (Å²) in [5.74, 6) is -0.968. The van der Waals surface area contributed by atoms with Crippen LogP contribution in [0.5, 0.6) is 0 Å². The van der Waals surface area contributed by atoms with Crippen LogP contribution in [-0.2, 0) is 19.9 Å². The Labute approximate surface area is 163 Å². The Morgan fingerprint density at radius 3 is 2.33 bits per heavy atom. The molecule has 0 amide bonds. The molecule has 0 aromatic heterocycles. The van der Waals surface area contributed by atoms with E-state index in [4.69, 9.17) is 17.3 Å². The van der Waals surface area contributed by atoms with Gasteiger partial charge in [0, 0.05) is 10.7 Å². The number of aliphatic hydroxyl groups excluding tert-OH is 1. The van der Waals surface area contributed by atoms with Crippen LogP contribution >= 0.6 is 11.6 Å². The fraction of sp³-hybridized carbons (Fsp3) is 0.294. The SMILES string of the molecule is Cc1ccc(Cl)cc1S(=O)(=O)N(c1ccc(N)cc1)[C@H]1CS(=O)(=O)C[C@H]1O. The molecule has 0 radical (unpaired) electrons. The summed E-state index contributed by atoms with van der Waals surface area (Å²) in [4.78, 5) is -0.0525. The Hall–Kier alpha value is -1.81. The average Bonchev–Trinajstić information content (AvgIpc) is 2.84. The summed E-state index contributed by atoms with van der Waals surface area (Å²) in [5.41, 5.74) is 6.78. The van der Waals surface area contributed by atoms with Crippen LogP contribution in [0.1, 0.15) is 5.56 Å². The first kappa shape index (κ1) is 19.9. The van der Waals surface area contributed by atoms with E-state index in [0.717, 1.165) is 4.31 Å². The van der Waals surface area contributed by atoms with Gasteiger partial charge in [0.2, 0.25) is 0 Å². The number of nitrogens with two attached hydrogens (primary N) is 1. The van der Waals surface area contributed by atoms with E-state index in [9.17, 15) is 21.9 Å². The minimum Gasteiger partial charge on any atom is -0.399 e. The summed E-state index contributed by atoms with van der Waals surface area (Å²) in [6, 6.07) is 9.27. The van der Waals surface area contributed by atoms with E-state index in [1.807, 2.05) is 0 Å². The fourth-order valence-electron chi connectivity index (χ4n) is 3.12. The summed E-state index contributed by atoms with van der Waals surface area (Å²) in [5, 5.41) is 10.5. The summed E-state index contributed by atoms with van der Waals surface area (Å²) >= 11 is 5.98. The summed E-state index contributed by atoms with van der Waals surface area (Å²) in [6.45, 7) is 1.62. The Kier molecular flexibility index (Phi) is 5.15. The molecule has 1 fully saturated rings. The molecule has 2 aromatic carbocycles. The zero-order chi connectivity index (χ0) is 20.0. The van der Waals surface area contributed by atoms with E-state index in [2.05, 4.69) is 0 Å². The third kappa shape index (κ3) is 3.91. The van der Waals surface area contributed by atoms with Crippen molar-refractivity contribution in [3.8, 4) is 0 Å². The largest absolute Gasteiger partial charge is 0.399 e. The molecule has 1 aliphatic heterocycles. The van der Waals surface area contributed by atoms with Gasteiger partial charge < -0.3 is 10.8 Å². The molecule has 0 spiro atoms. The first-order valence-corrected chi connectivity index (χ1v) is 11.7. The quantitative estimate of drug-likeness (QED) is 0.711. The van der Waals surface area contributed by atoms with E-state index in [1.54, 1.807) is 19.1 Å². The Balaban J connectivity index is 2.20. The number of nitrogen functional groups attached to an aromatic ring is 1. The van der Waals surface area contributed by atoms with E-state index >= 15 is 0 Å². The number of aryl methyl sites for hydroxylation is 1. The average molecular weight is 431 g/mol. The van der Waals surface area contributed by atoms with Crippen LogP contribution < -0.4 is 10.0 Å². The van der Waals surface area contributed by atoms with Gasteiger partial charge in [-0.05, 0) is 48.9 Å². The maximum Gasteiger partial charge on any atom is 0.265 e. The van der Waals surface area contributed by atoms with Crippen LogP contribution in [0.25, 0.3) is 0 Å². The molecule has 0 aliphatic carbocycles. The third-order valence-electron chi connectivity index (χ3n) is 4.43. The number of hydrogen-bond donors (Lipinski definition) is 2. The number of benzene rings is 2. The molecule has 0 unspecified atom stereocenters. The second-order valence-corrected chi connectivity index (χ2v) is 10.9. The third-order valence-corrected chi connectivity index (χ3v) is 8.36. The molecule has 0 saturated carbocycles. The number of sulfonamides is 1. The van der Waals surface area contributed by atoms with Crippen molar-refractivity contribution in [3.05, 3.63) is 53.1 Å². The van der Waals surface area contributed by atoms with Gasteiger partial charge >= 0.3 is 0 Å². The van der Waals surface area contributed by atoms with Crippen LogP contribution in [0, 0.1) is 6.92 Å². The van der Waals surface area contributed by atoms with Crippen molar-refractivity contribution in [2.45, 2.75) is 24.0 Å². The second-order valence-electron chi connectivity index (χ2n) is 6.51. The Morgan fingerprint density at radius 1 is 1.15 bits per heavy atom. The minimum absolute atomic E-state index is 0.0525. The highest BCUT2D eigenvalue weighted by atomic mass is 35.5. The van der Waals surface area contributed by atoms with Crippen LogP contribution in [-0.4, -0.2) is 45.6 Å². The summed E-state index contributed by atoms with van der Waals surface area (Å²) in [6.07, 6.45) is -1.35. The van der Waals surface area contributed by atoms with Crippen molar-refractivity contribution in [2.24, 2.45) is 0 Å². The topological polar surface area (TPSA) is 118 Å². The molecule has 2 atom stereocenters. The maximum atomic E-state index is 13.5. The van der Waals surface area contributed by atoms with Gasteiger partial charge in [-0.15, -0.1) is 0 Å². The number of aliphatic hydroxyl groups is 1. The van der Waals surface area contributed by atoms with Crippen LogP contribution in [0.15, 0.2) is 47.4 Å². The predicted molar refractivity (Wildman–Crippen MR) is 105 cm³/mol. The maximum absolute atomic E-state index is 13.5. The van der Waals surface area contributed by atoms with E-state index in [0.29, 0.717) is 11.3 Å². The van der Waals surface area contributed by atoms with Gasteiger partial charge in [-0.1, -0.05) is 17.7 Å². The molecule has 146 valence electrons. The minimum atomic E-state index is -4.20. The Morgan fingerprint density at radius 2 is 1.78 bits per heavy atom. The van der Waals surface area contributed by atoms with Crippen LogP contribution in [0.4, 0.5) is 11.4 Å². The van der Waals surface area contributed by atoms with Gasteiger partial charge in [-0.2, -0.15) is 0 Å². The summed E-state index contributed by atoms with van der Waals surface area (Å²) in [7, 11) is -7.78. The lowest BCUT2D eigenvalue weighted by Crippen LogP contribution is -2.47. The van der Waals surface area contributed by atoms with Crippen molar-refractivity contribution in [1.82, 2.24) is 0 Å². The number of halogens is 1. The van der Waals surface area contributed by atoms with Crippen LogP contribution in [0.2, 0.25) is 5.02 Å². The smallest absolute Gasteiger partial charge is 0.265 e. The highest BCUT2D eigenvalue weighted by Crippen LogP contribution is 2.33. The number of sulfone groups is 1. The molecule has 3 N–H and O–H groups in total. The summed E-state index contributed by atoms with van der Waals surface area (Å²) < 4.78 is 51.9. The predicted octanol–water partition coefficient (Wildman–Crippen LogP) is 1.58.